The van der Waals surface area contributed by atoms with Crippen LogP contribution in [0.2, 0.25) is 0 Å². The van der Waals surface area contributed by atoms with Crippen LogP contribution in [0.25, 0.3) is 0 Å². The first kappa shape index (κ1) is 15.5. The molecular weight excluding hydrogens is 242 g/mol. The number of aryl methyl sites for hydroxylation is 2. The van der Waals surface area contributed by atoms with Gasteiger partial charge in [0.1, 0.15) is 0 Å². The summed E-state index contributed by atoms with van der Waals surface area (Å²) in [6.45, 7) is 8.32. The SMILES string of the molecule is CCNC(CSCCOC)c1cc(C)cc(C)c1. The van der Waals surface area contributed by atoms with Crippen LogP contribution in [0.3, 0.4) is 0 Å². The molecule has 0 aromatic heterocycles. The molecule has 0 amide bonds. The highest BCUT2D eigenvalue weighted by Gasteiger charge is 2.10. The van der Waals surface area contributed by atoms with Gasteiger partial charge in [0, 0.05) is 24.7 Å². The van der Waals surface area contributed by atoms with Crippen LogP contribution in [0.15, 0.2) is 18.2 Å². The molecule has 1 rings (SSSR count). The van der Waals surface area contributed by atoms with Gasteiger partial charge in [0.05, 0.1) is 6.61 Å². The van der Waals surface area contributed by atoms with Crippen molar-refractivity contribution in [3.05, 3.63) is 34.9 Å². The lowest BCUT2D eigenvalue weighted by Crippen LogP contribution is -2.23. The molecule has 0 aliphatic rings. The van der Waals surface area contributed by atoms with E-state index in [2.05, 4.69) is 44.3 Å². The van der Waals surface area contributed by atoms with Gasteiger partial charge < -0.3 is 10.1 Å². The van der Waals surface area contributed by atoms with E-state index in [0.717, 1.165) is 24.7 Å². The smallest absolute Gasteiger partial charge is 0.0552 e. The average Bonchev–Trinajstić information content (AvgIpc) is 2.32. The largest absolute Gasteiger partial charge is 0.384 e. The Kier molecular flexibility index (Phi) is 7.40. The maximum atomic E-state index is 5.09. The van der Waals surface area contributed by atoms with Gasteiger partial charge in [0.2, 0.25) is 0 Å². The molecule has 18 heavy (non-hydrogen) atoms. The molecule has 1 atom stereocenters. The summed E-state index contributed by atoms with van der Waals surface area (Å²) in [6, 6.07) is 7.24. The van der Waals surface area contributed by atoms with Crippen LogP contribution in [0, 0.1) is 13.8 Å². The molecule has 0 saturated heterocycles. The van der Waals surface area contributed by atoms with Crippen LogP contribution in [0.1, 0.15) is 29.7 Å². The fraction of sp³-hybridized carbons (Fsp3) is 0.600. The monoisotopic (exact) mass is 267 g/mol. The van der Waals surface area contributed by atoms with E-state index in [9.17, 15) is 0 Å². The Bertz CT molecular complexity index is 334. The lowest BCUT2D eigenvalue weighted by Gasteiger charge is -2.19. The Labute approximate surface area is 116 Å². The summed E-state index contributed by atoms with van der Waals surface area (Å²) in [4.78, 5) is 0. The zero-order chi connectivity index (χ0) is 13.4. The van der Waals surface area contributed by atoms with Crippen molar-refractivity contribution in [1.29, 1.82) is 0 Å². The molecule has 2 nitrogen and oxygen atoms in total. The first-order valence-electron chi connectivity index (χ1n) is 6.55. The van der Waals surface area contributed by atoms with Crippen LogP contribution in [-0.4, -0.2) is 31.8 Å². The fourth-order valence-corrected chi connectivity index (χ4v) is 3.07. The van der Waals surface area contributed by atoms with E-state index in [1.165, 1.54) is 16.7 Å². The molecule has 0 aliphatic carbocycles. The molecule has 0 radical (unpaired) electrons. The molecule has 0 heterocycles. The highest BCUT2D eigenvalue weighted by molar-refractivity contribution is 7.99. The summed E-state index contributed by atoms with van der Waals surface area (Å²) in [5.74, 6) is 2.16. The van der Waals surface area contributed by atoms with Gasteiger partial charge >= 0.3 is 0 Å². The second-order valence-corrected chi connectivity index (χ2v) is 5.75. The van der Waals surface area contributed by atoms with Gasteiger partial charge in [0.25, 0.3) is 0 Å². The third kappa shape index (κ3) is 5.42. The van der Waals surface area contributed by atoms with Crippen molar-refractivity contribution >= 4 is 11.8 Å². The molecule has 0 spiro atoms. The molecular formula is C15H25NOS. The van der Waals surface area contributed by atoms with Crippen LogP contribution in [0.5, 0.6) is 0 Å². The van der Waals surface area contributed by atoms with Gasteiger partial charge in [-0.1, -0.05) is 36.2 Å². The Morgan fingerprint density at radius 2 is 1.89 bits per heavy atom. The second-order valence-electron chi connectivity index (χ2n) is 4.60. The van der Waals surface area contributed by atoms with Crippen molar-refractivity contribution in [2.75, 3.05) is 31.8 Å². The summed E-state index contributed by atoms with van der Waals surface area (Å²) >= 11 is 1.94. The van der Waals surface area contributed by atoms with Crippen LogP contribution >= 0.6 is 11.8 Å². The van der Waals surface area contributed by atoms with E-state index in [1.807, 2.05) is 11.8 Å². The number of benzene rings is 1. The summed E-state index contributed by atoms with van der Waals surface area (Å²) < 4.78 is 5.09. The van der Waals surface area contributed by atoms with E-state index in [1.54, 1.807) is 7.11 Å². The van der Waals surface area contributed by atoms with Crippen molar-refractivity contribution in [3.8, 4) is 0 Å². The minimum Gasteiger partial charge on any atom is -0.384 e. The lowest BCUT2D eigenvalue weighted by atomic mass is 10.0. The summed E-state index contributed by atoms with van der Waals surface area (Å²) in [6.07, 6.45) is 0. The normalized spacial score (nSPS) is 12.7. The summed E-state index contributed by atoms with van der Waals surface area (Å²) in [5.41, 5.74) is 4.09. The molecule has 0 fully saturated rings. The summed E-state index contributed by atoms with van der Waals surface area (Å²) in [5, 5.41) is 3.57. The number of rotatable bonds is 8. The number of thioether (sulfide) groups is 1. The average molecular weight is 267 g/mol. The van der Waals surface area contributed by atoms with Crippen LogP contribution in [-0.2, 0) is 4.74 Å². The minimum atomic E-state index is 0.440. The van der Waals surface area contributed by atoms with Crippen molar-refractivity contribution in [2.24, 2.45) is 0 Å². The fourth-order valence-electron chi connectivity index (χ4n) is 2.07. The highest BCUT2D eigenvalue weighted by Crippen LogP contribution is 2.21. The first-order chi connectivity index (χ1) is 8.67. The molecule has 0 bridgehead atoms. The Hall–Kier alpha value is -0.510. The summed E-state index contributed by atoms with van der Waals surface area (Å²) in [7, 11) is 1.76. The zero-order valence-electron chi connectivity index (χ0n) is 12.0. The van der Waals surface area contributed by atoms with Crippen LogP contribution in [0.4, 0.5) is 0 Å². The predicted molar refractivity (Wildman–Crippen MR) is 81.5 cm³/mol. The van der Waals surface area contributed by atoms with Gasteiger partial charge in [-0.25, -0.2) is 0 Å². The number of ether oxygens (including phenoxy) is 1. The van der Waals surface area contributed by atoms with Gasteiger partial charge in [-0.05, 0) is 26.0 Å². The van der Waals surface area contributed by atoms with E-state index < -0.39 is 0 Å². The number of nitrogens with one attached hydrogen (secondary N) is 1. The Morgan fingerprint density at radius 1 is 1.22 bits per heavy atom. The van der Waals surface area contributed by atoms with Crippen molar-refractivity contribution in [2.45, 2.75) is 26.8 Å². The van der Waals surface area contributed by atoms with Crippen molar-refractivity contribution in [3.63, 3.8) is 0 Å². The van der Waals surface area contributed by atoms with Gasteiger partial charge in [-0.15, -0.1) is 0 Å². The van der Waals surface area contributed by atoms with Crippen molar-refractivity contribution < 1.29 is 4.74 Å². The van der Waals surface area contributed by atoms with E-state index in [-0.39, 0.29) is 0 Å². The van der Waals surface area contributed by atoms with Crippen LogP contribution < -0.4 is 5.32 Å². The maximum absolute atomic E-state index is 5.09. The second kappa shape index (κ2) is 8.57. The topological polar surface area (TPSA) is 21.3 Å². The molecule has 3 heteroatoms. The molecule has 1 aromatic rings. The molecule has 0 saturated carbocycles. The number of hydrogen-bond acceptors (Lipinski definition) is 3. The Morgan fingerprint density at radius 3 is 2.44 bits per heavy atom. The molecule has 102 valence electrons. The quantitative estimate of drug-likeness (QED) is 0.730. The molecule has 1 N–H and O–H groups in total. The van der Waals surface area contributed by atoms with E-state index in [0.29, 0.717) is 6.04 Å². The van der Waals surface area contributed by atoms with Gasteiger partial charge in [-0.3, -0.25) is 0 Å². The van der Waals surface area contributed by atoms with Gasteiger partial charge in [-0.2, -0.15) is 11.8 Å². The van der Waals surface area contributed by atoms with E-state index >= 15 is 0 Å². The number of methoxy groups -OCH3 is 1. The Balaban J connectivity index is 2.64. The van der Waals surface area contributed by atoms with E-state index in [4.69, 9.17) is 4.74 Å². The predicted octanol–water partition coefficient (Wildman–Crippen LogP) is 3.33. The molecule has 1 aromatic carbocycles. The maximum Gasteiger partial charge on any atom is 0.0552 e. The number of hydrogen-bond donors (Lipinski definition) is 1. The zero-order valence-corrected chi connectivity index (χ0v) is 12.8. The molecule has 0 aliphatic heterocycles. The minimum absolute atomic E-state index is 0.440. The van der Waals surface area contributed by atoms with Crippen molar-refractivity contribution in [1.82, 2.24) is 5.32 Å². The lowest BCUT2D eigenvalue weighted by molar-refractivity contribution is 0.218. The molecule has 1 unspecified atom stereocenters. The third-order valence-corrected chi connectivity index (χ3v) is 3.84. The standard InChI is InChI=1S/C15H25NOS/c1-5-16-15(11-18-7-6-17-4)14-9-12(2)8-13(3)10-14/h8-10,15-16H,5-7,11H2,1-4H3. The third-order valence-electron chi connectivity index (χ3n) is 2.81. The highest BCUT2D eigenvalue weighted by atomic mass is 32.2. The first-order valence-corrected chi connectivity index (χ1v) is 7.71. The van der Waals surface area contributed by atoms with Gasteiger partial charge in [0.15, 0.2) is 0 Å².